The Balaban J connectivity index is 2.34. The molecule has 2 aromatic carbocycles. The van der Waals surface area contributed by atoms with Crippen molar-refractivity contribution >= 4 is 0 Å². The summed E-state index contributed by atoms with van der Waals surface area (Å²) in [4.78, 5) is 0. The van der Waals surface area contributed by atoms with Gasteiger partial charge in [0.25, 0.3) is 0 Å². The maximum atomic E-state index is 11.6. The Morgan fingerprint density at radius 2 is 1.29 bits per heavy atom. The van der Waals surface area contributed by atoms with Gasteiger partial charge >= 0.3 is 0 Å². The van der Waals surface area contributed by atoms with E-state index >= 15 is 0 Å². The quantitative estimate of drug-likeness (QED) is 0.543. The van der Waals surface area contributed by atoms with Gasteiger partial charge in [0, 0.05) is 6.42 Å². The molecule has 0 amide bonds. The molecule has 0 atom stereocenters. The standard InChI is InChI=1S/C22H28NO/c1-4-17-23(3,18-5-2)19-16-22(24,20-12-8-6-9-13-20)21-14-10-7-11-15-21/h4-15,24H,1-2,16-19H2,3H3/q+1. The number of hydrogen-bond donors (Lipinski definition) is 1. The average Bonchev–Trinajstić information content (AvgIpc) is 2.62. The fourth-order valence-electron chi connectivity index (χ4n) is 3.20. The second kappa shape index (κ2) is 8.09. The lowest BCUT2D eigenvalue weighted by Crippen LogP contribution is -2.47. The molecule has 0 aliphatic rings. The van der Waals surface area contributed by atoms with E-state index < -0.39 is 5.60 Å². The molecule has 0 aliphatic heterocycles. The first-order valence-corrected chi connectivity index (χ1v) is 8.43. The Morgan fingerprint density at radius 3 is 1.67 bits per heavy atom. The molecule has 0 bridgehead atoms. The second-order valence-electron chi connectivity index (χ2n) is 6.63. The number of benzene rings is 2. The fraction of sp³-hybridized carbons (Fsp3) is 0.273. The second-order valence-corrected chi connectivity index (χ2v) is 6.63. The van der Waals surface area contributed by atoms with Crippen molar-refractivity contribution in [1.82, 2.24) is 0 Å². The van der Waals surface area contributed by atoms with Gasteiger partial charge in [-0.25, -0.2) is 0 Å². The van der Waals surface area contributed by atoms with Crippen LogP contribution in [-0.4, -0.2) is 36.3 Å². The Hall–Kier alpha value is -2.16. The van der Waals surface area contributed by atoms with E-state index in [0.717, 1.165) is 35.2 Å². The number of likely N-dealkylation sites (N-methyl/N-ethyl adjacent to an activating group) is 1. The third kappa shape index (κ3) is 4.22. The zero-order valence-corrected chi connectivity index (χ0v) is 14.6. The van der Waals surface area contributed by atoms with Crippen LogP contribution >= 0.6 is 0 Å². The smallest absolute Gasteiger partial charge is 0.120 e. The van der Waals surface area contributed by atoms with Crippen LogP contribution in [0.2, 0.25) is 0 Å². The Morgan fingerprint density at radius 1 is 0.875 bits per heavy atom. The van der Waals surface area contributed by atoms with Gasteiger partial charge in [-0.1, -0.05) is 73.8 Å². The van der Waals surface area contributed by atoms with E-state index in [1.54, 1.807) is 0 Å². The summed E-state index contributed by atoms with van der Waals surface area (Å²) in [6, 6.07) is 19.9. The summed E-state index contributed by atoms with van der Waals surface area (Å²) in [5, 5.41) is 11.6. The lowest BCUT2D eigenvalue weighted by Gasteiger charge is -2.37. The van der Waals surface area contributed by atoms with Gasteiger partial charge in [0.15, 0.2) is 0 Å². The number of nitrogens with zero attached hydrogens (tertiary/aromatic N) is 1. The van der Waals surface area contributed by atoms with Crippen LogP contribution in [0.1, 0.15) is 17.5 Å². The molecule has 0 aromatic heterocycles. The fourth-order valence-corrected chi connectivity index (χ4v) is 3.20. The van der Waals surface area contributed by atoms with Gasteiger partial charge in [0.1, 0.15) is 5.60 Å². The van der Waals surface area contributed by atoms with Crippen LogP contribution in [0.5, 0.6) is 0 Å². The molecule has 0 unspecified atom stereocenters. The summed E-state index contributed by atoms with van der Waals surface area (Å²) >= 11 is 0. The van der Waals surface area contributed by atoms with E-state index in [1.165, 1.54) is 0 Å². The maximum absolute atomic E-state index is 11.6. The number of quaternary nitrogens is 1. The van der Waals surface area contributed by atoms with Crippen molar-refractivity contribution < 1.29 is 9.59 Å². The highest BCUT2D eigenvalue weighted by Gasteiger charge is 2.34. The van der Waals surface area contributed by atoms with Crippen molar-refractivity contribution in [1.29, 1.82) is 0 Å². The Labute approximate surface area is 146 Å². The predicted molar refractivity (Wildman–Crippen MR) is 102 cm³/mol. The average molecular weight is 322 g/mol. The van der Waals surface area contributed by atoms with E-state index in [4.69, 9.17) is 0 Å². The molecule has 2 heteroatoms. The third-order valence-corrected chi connectivity index (χ3v) is 4.66. The highest BCUT2D eigenvalue weighted by Crippen LogP contribution is 2.33. The van der Waals surface area contributed by atoms with Crippen molar-refractivity contribution in [2.24, 2.45) is 0 Å². The Bertz CT molecular complexity index is 599. The largest absolute Gasteiger partial charge is 0.380 e. The lowest BCUT2D eigenvalue weighted by molar-refractivity contribution is -0.899. The molecule has 0 heterocycles. The monoisotopic (exact) mass is 322 g/mol. The summed E-state index contributed by atoms with van der Waals surface area (Å²) in [6.45, 7) is 10.3. The van der Waals surface area contributed by atoms with Crippen molar-refractivity contribution in [3.8, 4) is 0 Å². The summed E-state index contributed by atoms with van der Waals surface area (Å²) in [7, 11) is 2.18. The molecular weight excluding hydrogens is 294 g/mol. The van der Waals surface area contributed by atoms with Gasteiger partial charge < -0.3 is 9.59 Å². The first-order valence-electron chi connectivity index (χ1n) is 8.43. The molecule has 0 aliphatic carbocycles. The molecule has 0 saturated carbocycles. The molecule has 0 saturated heterocycles. The molecule has 126 valence electrons. The van der Waals surface area contributed by atoms with Gasteiger partial charge in [-0.05, 0) is 23.3 Å². The lowest BCUT2D eigenvalue weighted by atomic mass is 9.83. The minimum absolute atomic E-state index is 0.638. The highest BCUT2D eigenvalue weighted by molar-refractivity contribution is 5.35. The van der Waals surface area contributed by atoms with E-state index in [9.17, 15) is 5.11 Å². The number of aliphatic hydroxyl groups is 1. The molecule has 24 heavy (non-hydrogen) atoms. The summed E-state index contributed by atoms with van der Waals surface area (Å²) in [6.07, 6.45) is 4.51. The zero-order valence-electron chi connectivity index (χ0n) is 14.6. The van der Waals surface area contributed by atoms with E-state index in [2.05, 4.69) is 20.2 Å². The molecule has 2 aromatic rings. The molecule has 1 N–H and O–H groups in total. The summed E-state index contributed by atoms with van der Waals surface area (Å²) in [5.41, 5.74) is 0.865. The minimum Gasteiger partial charge on any atom is -0.380 e. The van der Waals surface area contributed by atoms with Crippen LogP contribution in [0.4, 0.5) is 0 Å². The normalized spacial score (nSPS) is 11.9. The van der Waals surface area contributed by atoms with Crippen molar-refractivity contribution in [2.45, 2.75) is 12.0 Å². The van der Waals surface area contributed by atoms with Crippen LogP contribution < -0.4 is 0 Å². The number of hydrogen-bond acceptors (Lipinski definition) is 1. The highest BCUT2D eigenvalue weighted by atomic mass is 16.3. The van der Waals surface area contributed by atoms with E-state index in [1.807, 2.05) is 72.8 Å². The van der Waals surface area contributed by atoms with E-state index in [-0.39, 0.29) is 0 Å². The van der Waals surface area contributed by atoms with Gasteiger partial charge in [-0.15, -0.1) is 0 Å². The van der Waals surface area contributed by atoms with Crippen LogP contribution in [0.3, 0.4) is 0 Å². The molecule has 2 nitrogen and oxygen atoms in total. The van der Waals surface area contributed by atoms with E-state index in [0.29, 0.717) is 6.42 Å². The van der Waals surface area contributed by atoms with Gasteiger partial charge in [0.2, 0.25) is 0 Å². The van der Waals surface area contributed by atoms with Crippen molar-refractivity contribution in [3.05, 3.63) is 97.1 Å². The minimum atomic E-state index is -0.996. The van der Waals surface area contributed by atoms with Crippen LogP contribution in [0.25, 0.3) is 0 Å². The van der Waals surface area contributed by atoms with Crippen molar-refractivity contribution in [3.63, 3.8) is 0 Å². The zero-order chi connectivity index (χ0) is 17.5. The summed E-state index contributed by atoms with van der Waals surface area (Å²) < 4.78 is 0.787. The maximum Gasteiger partial charge on any atom is 0.120 e. The predicted octanol–water partition coefficient (Wildman–Crippen LogP) is 4.13. The van der Waals surface area contributed by atoms with Crippen molar-refractivity contribution in [2.75, 3.05) is 26.7 Å². The van der Waals surface area contributed by atoms with Crippen LogP contribution in [0, 0.1) is 0 Å². The van der Waals surface area contributed by atoms with Gasteiger partial charge in [0.05, 0.1) is 26.7 Å². The first-order chi connectivity index (χ1) is 11.5. The molecule has 2 rings (SSSR count). The number of rotatable bonds is 9. The SMILES string of the molecule is C=CC[N+](C)(CC=C)CCC(O)(c1ccccc1)c1ccccc1. The first kappa shape index (κ1) is 18.2. The summed E-state index contributed by atoms with van der Waals surface area (Å²) in [5.74, 6) is 0. The Kier molecular flexibility index (Phi) is 6.13. The molecule has 0 radical (unpaired) electrons. The van der Waals surface area contributed by atoms with Crippen LogP contribution in [-0.2, 0) is 5.60 Å². The molecule has 0 spiro atoms. The molecular formula is C22H28NO+. The van der Waals surface area contributed by atoms with Crippen LogP contribution in [0.15, 0.2) is 86.0 Å². The topological polar surface area (TPSA) is 20.2 Å². The third-order valence-electron chi connectivity index (χ3n) is 4.66. The van der Waals surface area contributed by atoms with Gasteiger partial charge in [-0.3, -0.25) is 0 Å². The van der Waals surface area contributed by atoms with Gasteiger partial charge in [-0.2, -0.15) is 0 Å². The molecule has 0 fully saturated rings.